The Morgan fingerprint density at radius 2 is 1.29 bits per heavy atom. The summed E-state index contributed by atoms with van der Waals surface area (Å²) in [5.41, 5.74) is 0. The number of carbonyl (C=O) groups is 1. The molecule has 0 aliphatic rings. The largest absolute Gasteiger partial charge is 0.303 e. The van der Waals surface area contributed by atoms with Crippen molar-refractivity contribution in [2.24, 2.45) is 5.18 Å². The van der Waals surface area contributed by atoms with E-state index in [4.69, 9.17) is 0 Å². The van der Waals surface area contributed by atoms with Crippen molar-refractivity contribution in [3.05, 3.63) is 4.91 Å². The summed E-state index contributed by atoms with van der Waals surface area (Å²) in [6.45, 7) is 0.472. The lowest BCUT2D eigenvalue weighted by Gasteiger charge is -1.99. The van der Waals surface area contributed by atoms with Crippen molar-refractivity contribution in [3.63, 3.8) is 0 Å². The molecule has 3 heteroatoms. The van der Waals surface area contributed by atoms with Crippen LogP contribution >= 0.6 is 0 Å². The van der Waals surface area contributed by atoms with E-state index in [1.165, 1.54) is 32.1 Å². The third-order valence-electron chi connectivity index (χ3n) is 2.32. The molecule has 0 heterocycles. The maximum atomic E-state index is 10.0. The van der Waals surface area contributed by atoms with Gasteiger partial charge in [-0.15, -0.1) is 0 Å². The summed E-state index contributed by atoms with van der Waals surface area (Å²) in [5, 5.41) is 2.82. The molecule has 0 aromatic heterocycles. The smallest absolute Gasteiger partial charge is 0.119 e. The molecule has 0 N–H and O–H groups in total. The molecule has 82 valence electrons. The summed E-state index contributed by atoms with van der Waals surface area (Å²) in [6, 6.07) is 0. The zero-order chi connectivity index (χ0) is 10.5. The van der Waals surface area contributed by atoms with Gasteiger partial charge in [-0.1, -0.05) is 43.7 Å². The molecule has 0 radical (unpaired) electrons. The van der Waals surface area contributed by atoms with E-state index < -0.39 is 0 Å². The lowest BCUT2D eigenvalue weighted by Crippen LogP contribution is -1.83. The van der Waals surface area contributed by atoms with Crippen LogP contribution < -0.4 is 0 Å². The molecule has 0 amide bonds. The fourth-order valence-corrected chi connectivity index (χ4v) is 1.46. The molecule has 0 unspecified atom stereocenters. The lowest BCUT2D eigenvalue weighted by atomic mass is 10.1. The van der Waals surface area contributed by atoms with Crippen molar-refractivity contribution >= 4 is 6.29 Å². The molecule has 0 fully saturated rings. The first-order valence-corrected chi connectivity index (χ1v) is 5.64. The maximum absolute atomic E-state index is 10.0. The molecular formula is C11H21NO2. The summed E-state index contributed by atoms with van der Waals surface area (Å²) in [6.07, 6.45) is 10.9. The van der Waals surface area contributed by atoms with Crippen molar-refractivity contribution in [3.8, 4) is 0 Å². The van der Waals surface area contributed by atoms with Crippen molar-refractivity contribution < 1.29 is 4.79 Å². The Bertz CT molecular complexity index is 121. The first kappa shape index (κ1) is 13.3. The van der Waals surface area contributed by atoms with Gasteiger partial charge in [-0.3, -0.25) is 0 Å². The number of rotatable bonds is 11. The monoisotopic (exact) mass is 199 g/mol. The van der Waals surface area contributed by atoms with E-state index in [2.05, 4.69) is 5.18 Å². The molecule has 0 aromatic carbocycles. The third-order valence-corrected chi connectivity index (χ3v) is 2.32. The molecule has 0 saturated carbocycles. The van der Waals surface area contributed by atoms with Gasteiger partial charge < -0.3 is 4.79 Å². The van der Waals surface area contributed by atoms with E-state index in [9.17, 15) is 9.70 Å². The predicted molar refractivity (Wildman–Crippen MR) is 58.3 cm³/mol. The Labute approximate surface area is 86.2 Å². The van der Waals surface area contributed by atoms with Crippen LogP contribution in [0, 0.1) is 4.91 Å². The fraction of sp³-hybridized carbons (Fsp3) is 0.909. The minimum atomic E-state index is 0.472. The molecule has 0 atom stereocenters. The van der Waals surface area contributed by atoms with E-state index in [0.717, 1.165) is 25.5 Å². The minimum absolute atomic E-state index is 0.472. The average molecular weight is 199 g/mol. The van der Waals surface area contributed by atoms with Gasteiger partial charge in [0.2, 0.25) is 0 Å². The average Bonchev–Trinajstić information content (AvgIpc) is 2.21. The SMILES string of the molecule is O=CCCCCCCCCCCN=O. The zero-order valence-electron chi connectivity index (χ0n) is 8.91. The van der Waals surface area contributed by atoms with Crippen LogP contribution in [0.3, 0.4) is 0 Å². The molecule has 0 aromatic rings. The summed E-state index contributed by atoms with van der Waals surface area (Å²) < 4.78 is 0. The number of carbonyl (C=O) groups excluding carboxylic acids is 1. The van der Waals surface area contributed by atoms with E-state index in [1.807, 2.05) is 0 Å². The normalized spacial score (nSPS) is 10.0. The minimum Gasteiger partial charge on any atom is -0.303 e. The topological polar surface area (TPSA) is 46.5 Å². The number of aldehydes is 1. The fourth-order valence-electron chi connectivity index (χ4n) is 1.46. The Morgan fingerprint density at radius 3 is 1.79 bits per heavy atom. The van der Waals surface area contributed by atoms with Gasteiger partial charge in [-0.2, -0.15) is 4.91 Å². The molecule has 14 heavy (non-hydrogen) atoms. The molecule has 0 spiro atoms. The van der Waals surface area contributed by atoms with Crippen molar-refractivity contribution in [1.82, 2.24) is 0 Å². The van der Waals surface area contributed by atoms with Crippen molar-refractivity contribution in [1.29, 1.82) is 0 Å². The van der Waals surface area contributed by atoms with Crippen molar-refractivity contribution in [2.75, 3.05) is 6.54 Å². The van der Waals surface area contributed by atoms with Crippen LogP contribution in [0.1, 0.15) is 57.8 Å². The highest BCUT2D eigenvalue weighted by molar-refractivity contribution is 5.48. The van der Waals surface area contributed by atoms with E-state index in [0.29, 0.717) is 13.0 Å². The van der Waals surface area contributed by atoms with Gasteiger partial charge in [0.05, 0.1) is 6.54 Å². The van der Waals surface area contributed by atoms with Crippen LogP contribution in [0.5, 0.6) is 0 Å². The zero-order valence-corrected chi connectivity index (χ0v) is 8.91. The summed E-state index contributed by atoms with van der Waals surface area (Å²) >= 11 is 0. The molecule has 0 saturated heterocycles. The first-order chi connectivity index (χ1) is 6.91. The first-order valence-electron chi connectivity index (χ1n) is 5.64. The Hall–Kier alpha value is -0.730. The molecule has 3 nitrogen and oxygen atoms in total. The Kier molecular flexibility index (Phi) is 11.6. The van der Waals surface area contributed by atoms with Crippen LogP contribution in [0.2, 0.25) is 0 Å². The van der Waals surface area contributed by atoms with Crippen LogP contribution in [0.15, 0.2) is 5.18 Å². The number of unbranched alkanes of at least 4 members (excludes halogenated alkanes) is 8. The molecular weight excluding hydrogens is 178 g/mol. The Balaban J connectivity index is 2.84. The van der Waals surface area contributed by atoms with Gasteiger partial charge in [0.15, 0.2) is 0 Å². The van der Waals surface area contributed by atoms with Gasteiger partial charge in [0.1, 0.15) is 6.29 Å². The van der Waals surface area contributed by atoms with E-state index in [-0.39, 0.29) is 0 Å². The van der Waals surface area contributed by atoms with Crippen LogP contribution in [0.25, 0.3) is 0 Å². The second kappa shape index (κ2) is 12.3. The highest BCUT2D eigenvalue weighted by Crippen LogP contribution is 2.09. The predicted octanol–water partition coefficient (Wildman–Crippen LogP) is 3.46. The van der Waals surface area contributed by atoms with Gasteiger partial charge in [-0.25, -0.2) is 0 Å². The number of nitrogens with zero attached hydrogens (tertiary/aromatic N) is 1. The van der Waals surface area contributed by atoms with Crippen LogP contribution in [-0.2, 0) is 4.79 Å². The van der Waals surface area contributed by atoms with Gasteiger partial charge in [-0.05, 0) is 12.8 Å². The van der Waals surface area contributed by atoms with Crippen LogP contribution in [0.4, 0.5) is 0 Å². The van der Waals surface area contributed by atoms with Crippen molar-refractivity contribution in [2.45, 2.75) is 57.8 Å². The van der Waals surface area contributed by atoms with Gasteiger partial charge in [0, 0.05) is 6.42 Å². The highest BCUT2D eigenvalue weighted by Gasteiger charge is 1.92. The number of nitroso groups, excluding NO2 is 1. The summed E-state index contributed by atoms with van der Waals surface area (Å²) in [4.78, 5) is 19.8. The Morgan fingerprint density at radius 1 is 0.786 bits per heavy atom. The number of hydrogen-bond donors (Lipinski definition) is 0. The second-order valence-corrected chi connectivity index (χ2v) is 3.64. The molecule has 0 aliphatic heterocycles. The summed E-state index contributed by atoms with van der Waals surface area (Å²) in [5.74, 6) is 0. The van der Waals surface area contributed by atoms with Crippen LogP contribution in [-0.4, -0.2) is 12.8 Å². The maximum Gasteiger partial charge on any atom is 0.119 e. The lowest BCUT2D eigenvalue weighted by molar-refractivity contribution is -0.107. The number of hydrogen-bond acceptors (Lipinski definition) is 3. The molecule has 0 bridgehead atoms. The quantitative estimate of drug-likeness (QED) is 0.290. The standard InChI is InChI=1S/C11H21NO2/c13-11-9-7-5-3-1-2-4-6-8-10-12-14/h11H,1-10H2. The molecule has 0 rings (SSSR count). The van der Waals surface area contributed by atoms with E-state index in [1.54, 1.807) is 0 Å². The summed E-state index contributed by atoms with van der Waals surface area (Å²) in [7, 11) is 0. The van der Waals surface area contributed by atoms with Gasteiger partial charge >= 0.3 is 0 Å². The highest BCUT2D eigenvalue weighted by atomic mass is 16.3. The third kappa shape index (κ3) is 11.3. The van der Waals surface area contributed by atoms with E-state index >= 15 is 0 Å². The molecule has 0 aliphatic carbocycles. The van der Waals surface area contributed by atoms with Gasteiger partial charge in [0.25, 0.3) is 0 Å². The second-order valence-electron chi connectivity index (χ2n) is 3.64.